The van der Waals surface area contributed by atoms with Crippen LogP contribution >= 0.6 is 0 Å². The minimum Gasteiger partial charge on any atom is -0.378 e. The number of fused-ring (bicyclic) bond motifs is 1. The molecule has 0 bridgehead atoms. The fourth-order valence-electron chi connectivity index (χ4n) is 3.28. The van der Waals surface area contributed by atoms with E-state index in [0.717, 1.165) is 31.4 Å². The predicted molar refractivity (Wildman–Crippen MR) is 78.7 cm³/mol. The second-order valence-corrected chi connectivity index (χ2v) is 6.47. The highest BCUT2D eigenvalue weighted by Crippen LogP contribution is 2.38. The largest absolute Gasteiger partial charge is 0.378 e. The van der Waals surface area contributed by atoms with Gasteiger partial charge in [0.15, 0.2) is 0 Å². The fraction of sp³-hybridized carbons (Fsp3) is 0.588. The normalized spacial score (nSPS) is 28.1. The summed E-state index contributed by atoms with van der Waals surface area (Å²) in [6.45, 7) is 5.26. The molecule has 1 amide bonds. The molecule has 0 spiro atoms. The van der Waals surface area contributed by atoms with Gasteiger partial charge in [-0.3, -0.25) is 4.79 Å². The average molecular weight is 273 g/mol. The molecular weight excluding hydrogens is 250 g/mol. The number of rotatable bonds is 4. The zero-order chi connectivity index (χ0) is 14.1. The smallest absolute Gasteiger partial charge is 0.251 e. The van der Waals surface area contributed by atoms with Crippen molar-refractivity contribution in [3.05, 3.63) is 35.4 Å². The summed E-state index contributed by atoms with van der Waals surface area (Å²) in [5.41, 5.74) is 2.06. The van der Waals surface area contributed by atoms with Gasteiger partial charge in [0.25, 0.3) is 5.91 Å². The van der Waals surface area contributed by atoms with Crippen molar-refractivity contribution in [3.63, 3.8) is 0 Å². The first-order chi connectivity index (χ1) is 9.63. The molecule has 0 aromatic heterocycles. The highest BCUT2D eigenvalue weighted by molar-refractivity contribution is 5.94. The zero-order valence-electron chi connectivity index (χ0n) is 12.3. The molecule has 1 heterocycles. The van der Waals surface area contributed by atoms with Crippen molar-refractivity contribution in [2.45, 2.75) is 45.3 Å². The van der Waals surface area contributed by atoms with Gasteiger partial charge in [-0.25, -0.2) is 0 Å². The SMILES string of the molecule is CC(C)Cc1ccc(C(=O)N[C@H]2C[C@@H]3OCC[C@H]23)cc1. The maximum absolute atomic E-state index is 12.2. The Labute approximate surface area is 120 Å². The molecule has 2 fully saturated rings. The van der Waals surface area contributed by atoms with Gasteiger partial charge in [-0.1, -0.05) is 26.0 Å². The molecular formula is C17H23NO2. The van der Waals surface area contributed by atoms with Gasteiger partial charge >= 0.3 is 0 Å². The Balaban J connectivity index is 1.57. The number of nitrogens with one attached hydrogen (secondary N) is 1. The van der Waals surface area contributed by atoms with Crippen LogP contribution in [0.4, 0.5) is 0 Å². The first-order valence-corrected chi connectivity index (χ1v) is 7.65. The quantitative estimate of drug-likeness (QED) is 0.916. The van der Waals surface area contributed by atoms with Gasteiger partial charge in [-0.05, 0) is 42.9 Å². The third kappa shape index (κ3) is 2.73. The van der Waals surface area contributed by atoms with Gasteiger partial charge in [-0.2, -0.15) is 0 Å². The van der Waals surface area contributed by atoms with Crippen LogP contribution in [-0.2, 0) is 11.2 Å². The van der Waals surface area contributed by atoms with E-state index < -0.39 is 0 Å². The van der Waals surface area contributed by atoms with Crippen molar-refractivity contribution in [3.8, 4) is 0 Å². The van der Waals surface area contributed by atoms with Crippen LogP contribution in [0.15, 0.2) is 24.3 Å². The topological polar surface area (TPSA) is 38.3 Å². The molecule has 1 saturated carbocycles. The second-order valence-electron chi connectivity index (χ2n) is 6.47. The van der Waals surface area contributed by atoms with E-state index in [1.807, 2.05) is 12.1 Å². The molecule has 20 heavy (non-hydrogen) atoms. The molecule has 1 N–H and O–H groups in total. The average Bonchev–Trinajstić information content (AvgIpc) is 2.77. The van der Waals surface area contributed by atoms with E-state index in [0.29, 0.717) is 24.0 Å². The van der Waals surface area contributed by atoms with E-state index >= 15 is 0 Å². The summed E-state index contributed by atoms with van der Waals surface area (Å²) in [5.74, 6) is 1.24. The Morgan fingerprint density at radius 1 is 1.35 bits per heavy atom. The van der Waals surface area contributed by atoms with Gasteiger partial charge < -0.3 is 10.1 Å². The van der Waals surface area contributed by atoms with Gasteiger partial charge in [0.05, 0.1) is 6.10 Å². The van der Waals surface area contributed by atoms with Crippen LogP contribution in [-0.4, -0.2) is 24.7 Å². The lowest BCUT2D eigenvalue weighted by atomic mass is 9.76. The van der Waals surface area contributed by atoms with Crippen molar-refractivity contribution in [2.24, 2.45) is 11.8 Å². The highest BCUT2D eigenvalue weighted by atomic mass is 16.5. The fourth-order valence-corrected chi connectivity index (χ4v) is 3.28. The lowest BCUT2D eigenvalue weighted by molar-refractivity contribution is 0.00810. The zero-order valence-corrected chi connectivity index (χ0v) is 12.3. The van der Waals surface area contributed by atoms with Crippen molar-refractivity contribution < 1.29 is 9.53 Å². The summed E-state index contributed by atoms with van der Waals surface area (Å²) in [6, 6.07) is 8.32. The van der Waals surface area contributed by atoms with Crippen LogP contribution in [0.5, 0.6) is 0 Å². The molecule has 1 aliphatic heterocycles. The lowest BCUT2D eigenvalue weighted by Crippen LogP contribution is -2.53. The summed E-state index contributed by atoms with van der Waals surface area (Å²) in [5, 5.41) is 3.15. The first-order valence-electron chi connectivity index (χ1n) is 7.65. The van der Waals surface area contributed by atoms with Crippen LogP contribution in [0.1, 0.15) is 42.6 Å². The van der Waals surface area contributed by atoms with E-state index in [1.54, 1.807) is 0 Å². The Morgan fingerprint density at radius 2 is 2.10 bits per heavy atom. The van der Waals surface area contributed by atoms with E-state index in [9.17, 15) is 4.79 Å². The molecule has 3 nitrogen and oxygen atoms in total. The third-order valence-corrected chi connectivity index (χ3v) is 4.44. The third-order valence-electron chi connectivity index (χ3n) is 4.44. The van der Waals surface area contributed by atoms with Crippen LogP contribution in [0.25, 0.3) is 0 Å². The van der Waals surface area contributed by atoms with Gasteiger partial charge in [-0.15, -0.1) is 0 Å². The number of carbonyl (C=O) groups is 1. The second kappa shape index (κ2) is 5.57. The number of benzene rings is 1. The van der Waals surface area contributed by atoms with E-state index in [-0.39, 0.29) is 5.91 Å². The van der Waals surface area contributed by atoms with Gasteiger partial charge in [0.1, 0.15) is 0 Å². The molecule has 1 saturated heterocycles. The maximum Gasteiger partial charge on any atom is 0.251 e. The summed E-state index contributed by atoms with van der Waals surface area (Å²) < 4.78 is 5.57. The van der Waals surface area contributed by atoms with E-state index in [1.165, 1.54) is 5.56 Å². The number of amides is 1. The number of ether oxygens (including phenoxy) is 1. The van der Waals surface area contributed by atoms with Crippen LogP contribution < -0.4 is 5.32 Å². The lowest BCUT2D eigenvalue weighted by Gasteiger charge is -2.39. The van der Waals surface area contributed by atoms with Crippen molar-refractivity contribution in [1.82, 2.24) is 5.32 Å². The minimum absolute atomic E-state index is 0.0523. The Hall–Kier alpha value is -1.35. The summed E-state index contributed by atoms with van der Waals surface area (Å²) >= 11 is 0. The molecule has 1 aromatic carbocycles. The van der Waals surface area contributed by atoms with Crippen LogP contribution in [0, 0.1) is 11.8 Å². The predicted octanol–water partition coefficient (Wildman–Crippen LogP) is 2.79. The minimum atomic E-state index is 0.0523. The van der Waals surface area contributed by atoms with Gasteiger partial charge in [0.2, 0.25) is 0 Å². The molecule has 108 valence electrons. The van der Waals surface area contributed by atoms with Crippen molar-refractivity contribution in [1.29, 1.82) is 0 Å². The monoisotopic (exact) mass is 273 g/mol. The first kappa shape index (κ1) is 13.6. The standard InChI is InChI=1S/C17H23NO2/c1-11(2)9-12-3-5-13(6-4-12)17(19)18-15-10-16-14(15)7-8-20-16/h3-6,11,14-16H,7-10H2,1-2H3,(H,18,19)/t14-,15+,16+/m1/s1. The number of hydrogen-bond acceptors (Lipinski definition) is 2. The maximum atomic E-state index is 12.2. The van der Waals surface area contributed by atoms with Crippen molar-refractivity contribution >= 4 is 5.91 Å². The Kier molecular flexibility index (Phi) is 3.79. The molecule has 1 aromatic rings. The summed E-state index contributed by atoms with van der Waals surface area (Å²) in [4.78, 5) is 12.2. The highest BCUT2D eigenvalue weighted by Gasteiger charge is 2.45. The van der Waals surface area contributed by atoms with E-state index in [2.05, 4.69) is 31.3 Å². The van der Waals surface area contributed by atoms with Crippen molar-refractivity contribution in [2.75, 3.05) is 6.61 Å². The van der Waals surface area contributed by atoms with Gasteiger partial charge in [0, 0.05) is 24.1 Å². The molecule has 0 unspecified atom stereocenters. The molecule has 3 atom stereocenters. The number of carbonyl (C=O) groups excluding carboxylic acids is 1. The Bertz CT molecular complexity index is 480. The molecule has 0 radical (unpaired) electrons. The number of hydrogen-bond donors (Lipinski definition) is 1. The van der Waals surface area contributed by atoms with E-state index in [4.69, 9.17) is 4.74 Å². The van der Waals surface area contributed by atoms with Crippen LogP contribution in [0.2, 0.25) is 0 Å². The summed E-state index contributed by atoms with van der Waals surface area (Å²) in [7, 11) is 0. The summed E-state index contributed by atoms with van der Waals surface area (Å²) in [6.07, 6.45) is 3.52. The van der Waals surface area contributed by atoms with Crippen LogP contribution in [0.3, 0.4) is 0 Å². The molecule has 3 rings (SSSR count). The molecule has 2 aliphatic rings. The molecule has 3 heteroatoms. The molecule has 1 aliphatic carbocycles. The Morgan fingerprint density at radius 3 is 2.75 bits per heavy atom.